The predicted octanol–water partition coefficient (Wildman–Crippen LogP) is 3.40. The van der Waals surface area contributed by atoms with E-state index >= 15 is 0 Å². The van der Waals surface area contributed by atoms with Gasteiger partial charge in [-0.15, -0.1) is 6.58 Å². The first-order valence-electron chi connectivity index (χ1n) is 9.16. The van der Waals surface area contributed by atoms with Crippen LogP contribution in [0.25, 0.3) is 0 Å². The van der Waals surface area contributed by atoms with Crippen molar-refractivity contribution in [1.82, 2.24) is 4.90 Å². The van der Waals surface area contributed by atoms with Gasteiger partial charge in [-0.3, -0.25) is 14.7 Å². The van der Waals surface area contributed by atoms with Crippen LogP contribution in [0.15, 0.2) is 30.9 Å². The Bertz CT molecular complexity index is 730. The minimum absolute atomic E-state index is 0.141. The minimum atomic E-state index is -4.53. The molecule has 1 saturated carbocycles. The van der Waals surface area contributed by atoms with Crippen LogP contribution in [0.4, 0.5) is 0 Å². The van der Waals surface area contributed by atoms with Gasteiger partial charge in [0.15, 0.2) is 0 Å². The molecule has 2 N–H and O–H groups in total. The van der Waals surface area contributed by atoms with E-state index in [0.29, 0.717) is 12.0 Å². The average molecular weight is 363 g/mol. The first-order valence-corrected chi connectivity index (χ1v) is 10.7. The van der Waals surface area contributed by atoms with E-state index in [0.717, 1.165) is 25.9 Å². The van der Waals surface area contributed by atoms with Crippen LogP contribution in [0.2, 0.25) is 0 Å². The van der Waals surface area contributed by atoms with Crippen molar-refractivity contribution in [2.45, 2.75) is 50.0 Å². The molecular formula is C19H26NO4P. The molecule has 2 aliphatic carbocycles. The van der Waals surface area contributed by atoms with E-state index in [4.69, 9.17) is 14.3 Å². The SMILES string of the molecule is C=CCN1CC[C@@]23CCCC[C@H]2[C@@H]1Cc1ccc(OP(=O)(O)O)cc13. The van der Waals surface area contributed by atoms with Crippen molar-refractivity contribution in [3.05, 3.63) is 42.0 Å². The van der Waals surface area contributed by atoms with Crippen molar-refractivity contribution in [2.75, 3.05) is 13.1 Å². The average Bonchev–Trinajstić information content (AvgIpc) is 2.56. The molecular weight excluding hydrogens is 337 g/mol. The van der Waals surface area contributed by atoms with Gasteiger partial charge in [-0.25, -0.2) is 4.57 Å². The Morgan fingerprint density at radius 1 is 1.36 bits per heavy atom. The Morgan fingerprint density at radius 2 is 2.20 bits per heavy atom. The number of phosphoric acid groups is 1. The minimum Gasteiger partial charge on any atom is -0.404 e. The van der Waals surface area contributed by atoms with Gasteiger partial charge in [0.1, 0.15) is 5.75 Å². The number of hydrogen-bond donors (Lipinski definition) is 2. The number of likely N-dealkylation sites (tertiary alicyclic amines) is 1. The summed E-state index contributed by atoms with van der Waals surface area (Å²) in [6.45, 7) is 5.92. The second-order valence-corrected chi connectivity index (χ2v) is 8.88. The predicted molar refractivity (Wildman–Crippen MR) is 96.6 cm³/mol. The molecule has 2 bridgehead atoms. The number of rotatable bonds is 4. The highest BCUT2D eigenvalue weighted by Gasteiger charge is 2.53. The van der Waals surface area contributed by atoms with E-state index in [1.54, 1.807) is 6.07 Å². The normalized spacial score (nSPS) is 31.8. The third kappa shape index (κ3) is 2.97. The van der Waals surface area contributed by atoms with Crippen LogP contribution in [-0.4, -0.2) is 33.8 Å². The van der Waals surface area contributed by atoms with Crippen molar-refractivity contribution in [1.29, 1.82) is 0 Å². The van der Waals surface area contributed by atoms with Crippen LogP contribution < -0.4 is 4.52 Å². The molecule has 1 aliphatic heterocycles. The lowest BCUT2D eigenvalue weighted by molar-refractivity contribution is -0.00515. The third-order valence-corrected chi connectivity index (χ3v) is 6.96. The summed E-state index contributed by atoms with van der Waals surface area (Å²) in [5, 5.41) is 0. The van der Waals surface area contributed by atoms with Crippen molar-refractivity contribution in [3.8, 4) is 5.75 Å². The van der Waals surface area contributed by atoms with Gasteiger partial charge in [0.05, 0.1) is 0 Å². The number of hydrogen-bond acceptors (Lipinski definition) is 3. The molecule has 0 radical (unpaired) electrons. The largest absolute Gasteiger partial charge is 0.524 e. The first-order chi connectivity index (χ1) is 11.9. The zero-order valence-corrected chi connectivity index (χ0v) is 15.3. The summed E-state index contributed by atoms with van der Waals surface area (Å²) in [5.74, 6) is 0.908. The number of phosphoric ester groups is 1. The maximum absolute atomic E-state index is 11.2. The van der Waals surface area contributed by atoms with Crippen molar-refractivity contribution < 1.29 is 18.9 Å². The summed E-state index contributed by atoms with van der Waals surface area (Å²) in [6.07, 6.45) is 9.03. The number of fused-ring (bicyclic) bond motifs is 1. The van der Waals surface area contributed by atoms with Crippen molar-refractivity contribution >= 4 is 7.82 Å². The molecule has 1 aromatic rings. The van der Waals surface area contributed by atoms with E-state index < -0.39 is 7.82 Å². The van der Waals surface area contributed by atoms with Crippen LogP contribution in [0, 0.1) is 5.92 Å². The second-order valence-electron chi connectivity index (χ2n) is 7.71. The summed E-state index contributed by atoms with van der Waals surface area (Å²) in [4.78, 5) is 20.9. The van der Waals surface area contributed by atoms with Crippen molar-refractivity contribution in [2.24, 2.45) is 5.92 Å². The molecule has 6 heteroatoms. The molecule has 0 amide bonds. The standard InChI is InChI=1S/C19H26NO4P/c1-2-10-20-11-9-19-8-4-3-5-16(19)18(20)12-14-6-7-15(13-17(14)19)24-25(21,22)23/h2,6-7,13,16,18H,1,3-5,8-12H2,(H2,21,22,23)/t16-,18-,19-/m0/s1. The van der Waals surface area contributed by atoms with Crippen LogP contribution in [-0.2, 0) is 16.4 Å². The molecule has 0 spiro atoms. The molecule has 0 aromatic heterocycles. The van der Waals surface area contributed by atoms with Gasteiger partial charge in [0, 0.05) is 18.0 Å². The summed E-state index contributed by atoms with van der Waals surface area (Å²) in [7, 11) is -4.53. The van der Waals surface area contributed by atoms with Gasteiger partial charge in [0.25, 0.3) is 0 Å². The fraction of sp³-hybridized carbons (Fsp3) is 0.579. The maximum atomic E-state index is 11.2. The lowest BCUT2D eigenvalue weighted by Gasteiger charge is -2.59. The molecule has 136 valence electrons. The van der Waals surface area contributed by atoms with E-state index in [9.17, 15) is 4.57 Å². The smallest absolute Gasteiger partial charge is 0.404 e. The van der Waals surface area contributed by atoms with Gasteiger partial charge in [0.2, 0.25) is 0 Å². The van der Waals surface area contributed by atoms with Crippen LogP contribution in [0.3, 0.4) is 0 Å². The summed E-state index contributed by atoms with van der Waals surface area (Å²) in [5.41, 5.74) is 2.73. The molecule has 3 aliphatic rings. The lowest BCUT2D eigenvalue weighted by Crippen LogP contribution is -2.60. The lowest BCUT2D eigenvalue weighted by atomic mass is 9.52. The van der Waals surface area contributed by atoms with E-state index in [1.165, 1.54) is 36.8 Å². The third-order valence-electron chi connectivity index (χ3n) is 6.51. The molecule has 1 aromatic carbocycles. The quantitative estimate of drug-likeness (QED) is 0.634. The number of piperidine rings is 1. The molecule has 2 fully saturated rings. The molecule has 4 rings (SSSR count). The van der Waals surface area contributed by atoms with Crippen LogP contribution in [0.1, 0.15) is 43.2 Å². The van der Waals surface area contributed by atoms with Gasteiger partial charge in [-0.1, -0.05) is 25.0 Å². The molecule has 5 nitrogen and oxygen atoms in total. The topological polar surface area (TPSA) is 70.0 Å². The molecule has 1 saturated heterocycles. The Balaban J connectivity index is 1.77. The highest BCUT2D eigenvalue weighted by atomic mass is 31.2. The number of benzene rings is 1. The van der Waals surface area contributed by atoms with Crippen LogP contribution >= 0.6 is 7.82 Å². The maximum Gasteiger partial charge on any atom is 0.524 e. The van der Waals surface area contributed by atoms with E-state index in [-0.39, 0.29) is 11.2 Å². The highest BCUT2D eigenvalue weighted by molar-refractivity contribution is 7.46. The Labute approximate surface area is 148 Å². The van der Waals surface area contributed by atoms with E-state index in [1.807, 2.05) is 18.2 Å². The summed E-state index contributed by atoms with van der Waals surface area (Å²) < 4.78 is 16.1. The highest BCUT2D eigenvalue weighted by Crippen LogP contribution is 2.56. The monoisotopic (exact) mass is 363 g/mol. The van der Waals surface area contributed by atoms with Gasteiger partial charge in [-0.05, 0) is 61.4 Å². The molecule has 1 heterocycles. The van der Waals surface area contributed by atoms with Gasteiger partial charge < -0.3 is 4.52 Å². The summed E-state index contributed by atoms with van der Waals surface area (Å²) >= 11 is 0. The van der Waals surface area contributed by atoms with Crippen molar-refractivity contribution in [3.63, 3.8) is 0 Å². The Kier molecular flexibility index (Phi) is 4.32. The molecule has 3 atom stereocenters. The van der Waals surface area contributed by atoms with Crippen LogP contribution in [0.5, 0.6) is 5.75 Å². The second kappa shape index (κ2) is 6.24. The summed E-state index contributed by atoms with van der Waals surface area (Å²) in [6, 6.07) is 6.17. The molecule has 0 unspecified atom stereocenters. The number of nitrogens with zero attached hydrogens (tertiary/aromatic N) is 1. The Hall–Kier alpha value is -1.13. The zero-order chi connectivity index (χ0) is 17.7. The first kappa shape index (κ1) is 17.3. The van der Waals surface area contributed by atoms with E-state index in [2.05, 4.69) is 11.5 Å². The fourth-order valence-corrected chi connectivity index (χ4v) is 6.04. The van der Waals surface area contributed by atoms with Gasteiger partial charge in [-0.2, -0.15) is 0 Å². The fourth-order valence-electron chi connectivity index (χ4n) is 5.65. The van der Waals surface area contributed by atoms with Gasteiger partial charge >= 0.3 is 7.82 Å². The Morgan fingerprint density at radius 3 is 2.96 bits per heavy atom. The molecule has 25 heavy (non-hydrogen) atoms. The zero-order valence-electron chi connectivity index (χ0n) is 14.4.